The van der Waals surface area contributed by atoms with Crippen molar-refractivity contribution in [1.82, 2.24) is 4.57 Å². The molecular weight excluding hydrogens is 376 g/mol. The molecule has 0 radical (unpaired) electrons. The van der Waals surface area contributed by atoms with Gasteiger partial charge in [-0.05, 0) is 66.4 Å². The second-order valence-corrected chi connectivity index (χ2v) is 7.11. The molecule has 0 saturated carbocycles. The van der Waals surface area contributed by atoms with E-state index in [1.54, 1.807) is 54.3 Å². The molecule has 6 heteroatoms. The molecule has 28 heavy (non-hydrogen) atoms. The Morgan fingerprint density at radius 1 is 1.14 bits per heavy atom. The van der Waals surface area contributed by atoms with Crippen LogP contribution in [0.2, 0.25) is 5.02 Å². The number of hydrogen-bond donors (Lipinski definition) is 1. The molecule has 1 atom stereocenters. The lowest BCUT2D eigenvalue weighted by molar-refractivity contribution is 0.102. The Hall–Kier alpha value is -3.05. The lowest BCUT2D eigenvalue weighted by Crippen LogP contribution is -2.30. The molecule has 0 saturated heterocycles. The summed E-state index contributed by atoms with van der Waals surface area (Å²) < 4.78 is 7.09. The van der Waals surface area contributed by atoms with Crippen LogP contribution >= 0.6 is 11.6 Å². The van der Waals surface area contributed by atoms with Gasteiger partial charge in [0.1, 0.15) is 11.3 Å². The van der Waals surface area contributed by atoms with Crippen LogP contribution in [0.25, 0.3) is 0 Å². The maximum atomic E-state index is 13.1. The second kappa shape index (κ2) is 7.52. The normalized spacial score (nSPS) is 15.1. The van der Waals surface area contributed by atoms with Gasteiger partial charge in [-0.2, -0.15) is 0 Å². The molecule has 1 unspecified atom stereocenters. The number of nitrogens with one attached hydrogen (secondary N) is 1. The van der Waals surface area contributed by atoms with Gasteiger partial charge >= 0.3 is 0 Å². The van der Waals surface area contributed by atoms with E-state index in [2.05, 4.69) is 5.32 Å². The molecule has 0 bridgehead atoms. The Morgan fingerprint density at radius 3 is 2.68 bits per heavy atom. The fraction of sp³-hybridized carbons (Fsp3) is 0.182. The summed E-state index contributed by atoms with van der Waals surface area (Å²) >= 11 is 5.87. The van der Waals surface area contributed by atoms with Gasteiger partial charge in [-0.25, -0.2) is 0 Å². The predicted molar refractivity (Wildman–Crippen MR) is 110 cm³/mol. The van der Waals surface area contributed by atoms with Gasteiger partial charge in [0.15, 0.2) is 0 Å². The fourth-order valence-electron chi connectivity index (χ4n) is 3.74. The number of aromatic nitrogens is 1. The number of amides is 1. The van der Waals surface area contributed by atoms with E-state index in [4.69, 9.17) is 16.3 Å². The number of halogens is 1. The number of nitrogens with zero attached hydrogens (tertiary/aromatic N) is 1. The first-order valence-electron chi connectivity index (χ1n) is 9.02. The van der Waals surface area contributed by atoms with Gasteiger partial charge in [0.2, 0.25) is 0 Å². The zero-order chi connectivity index (χ0) is 19.7. The van der Waals surface area contributed by atoms with Gasteiger partial charge in [-0.15, -0.1) is 0 Å². The summed E-state index contributed by atoms with van der Waals surface area (Å²) in [6.07, 6.45) is 3.36. The number of rotatable bonds is 4. The summed E-state index contributed by atoms with van der Waals surface area (Å²) in [6, 6.07) is 15.8. The zero-order valence-electron chi connectivity index (χ0n) is 15.3. The van der Waals surface area contributed by atoms with Crippen molar-refractivity contribution >= 4 is 23.2 Å². The molecule has 1 heterocycles. The molecule has 5 nitrogen and oxygen atoms in total. The smallest absolute Gasteiger partial charge is 0.263 e. The van der Waals surface area contributed by atoms with Crippen LogP contribution in [0.4, 0.5) is 5.69 Å². The number of anilines is 1. The third-order valence-corrected chi connectivity index (χ3v) is 5.32. The lowest BCUT2D eigenvalue weighted by atomic mass is 10.1. The SMILES string of the molecule is COc1cccc2c1CCC2n1cccc(C(=O)Nc2ccc(Cl)cc2)c1=O. The van der Waals surface area contributed by atoms with Gasteiger partial charge in [0, 0.05) is 16.9 Å². The van der Waals surface area contributed by atoms with E-state index in [0.29, 0.717) is 10.7 Å². The van der Waals surface area contributed by atoms with Crippen molar-refractivity contribution in [1.29, 1.82) is 0 Å². The van der Waals surface area contributed by atoms with Crippen LogP contribution < -0.4 is 15.6 Å². The highest BCUT2D eigenvalue weighted by molar-refractivity contribution is 6.30. The highest BCUT2D eigenvalue weighted by Gasteiger charge is 2.28. The number of pyridine rings is 1. The molecule has 142 valence electrons. The van der Waals surface area contributed by atoms with Crippen molar-refractivity contribution < 1.29 is 9.53 Å². The number of ether oxygens (including phenoxy) is 1. The monoisotopic (exact) mass is 394 g/mol. The summed E-state index contributed by atoms with van der Waals surface area (Å²) in [5, 5.41) is 3.33. The molecule has 1 aliphatic rings. The van der Waals surface area contributed by atoms with E-state index in [1.165, 1.54) is 0 Å². The number of hydrogen-bond acceptors (Lipinski definition) is 3. The largest absolute Gasteiger partial charge is 0.496 e. The van der Waals surface area contributed by atoms with E-state index in [0.717, 1.165) is 29.7 Å². The first-order valence-corrected chi connectivity index (χ1v) is 9.40. The van der Waals surface area contributed by atoms with E-state index in [-0.39, 0.29) is 17.2 Å². The first kappa shape index (κ1) is 18.3. The Morgan fingerprint density at radius 2 is 1.93 bits per heavy atom. The molecule has 2 aromatic carbocycles. The number of fused-ring (bicyclic) bond motifs is 1. The first-order chi connectivity index (χ1) is 13.6. The van der Waals surface area contributed by atoms with Gasteiger partial charge < -0.3 is 14.6 Å². The molecule has 0 spiro atoms. The standard InChI is InChI=1S/C22H19ClN2O3/c1-28-20-6-2-4-16-17(20)11-12-19(16)25-13-3-5-18(22(25)27)21(26)24-15-9-7-14(23)8-10-15/h2-10,13,19H,11-12H2,1H3,(H,24,26). The van der Waals surface area contributed by atoms with E-state index < -0.39 is 5.91 Å². The van der Waals surface area contributed by atoms with E-state index in [1.807, 2.05) is 18.2 Å². The number of carbonyl (C=O) groups excluding carboxylic acids is 1. The summed E-state index contributed by atoms with van der Waals surface area (Å²) in [7, 11) is 1.65. The summed E-state index contributed by atoms with van der Waals surface area (Å²) in [6.45, 7) is 0. The fourth-order valence-corrected chi connectivity index (χ4v) is 3.87. The molecular formula is C22H19ClN2O3. The van der Waals surface area contributed by atoms with Crippen molar-refractivity contribution in [2.45, 2.75) is 18.9 Å². The maximum Gasteiger partial charge on any atom is 0.263 e. The molecule has 1 N–H and O–H groups in total. The average Bonchev–Trinajstić information content (AvgIpc) is 3.14. The lowest BCUT2D eigenvalue weighted by Gasteiger charge is -2.17. The van der Waals surface area contributed by atoms with Crippen LogP contribution in [0.1, 0.15) is 33.9 Å². The summed E-state index contributed by atoms with van der Waals surface area (Å²) in [5.74, 6) is 0.398. The van der Waals surface area contributed by atoms with Crippen LogP contribution in [0.3, 0.4) is 0 Å². The molecule has 1 aliphatic carbocycles. The van der Waals surface area contributed by atoms with Crippen LogP contribution in [0.15, 0.2) is 65.6 Å². The van der Waals surface area contributed by atoms with Crippen molar-refractivity contribution in [3.63, 3.8) is 0 Å². The molecule has 1 aromatic heterocycles. The minimum absolute atomic E-state index is 0.105. The quantitative estimate of drug-likeness (QED) is 0.717. The Kier molecular flexibility index (Phi) is 4.92. The summed E-state index contributed by atoms with van der Waals surface area (Å²) in [5.41, 5.74) is 2.57. The van der Waals surface area contributed by atoms with Crippen molar-refractivity contribution in [3.05, 3.63) is 92.9 Å². The Labute approximate surface area is 167 Å². The van der Waals surface area contributed by atoms with Crippen LogP contribution in [0.5, 0.6) is 5.75 Å². The zero-order valence-corrected chi connectivity index (χ0v) is 16.1. The van der Waals surface area contributed by atoms with Crippen molar-refractivity contribution in [3.8, 4) is 5.75 Å². The molecule has 0 aliphatic heterocycles. The highest BCUT2D eigenvalue weighted by Crippen LogP contribution is 2.38. The molecule has 0 fully saturated rings. The van der Waals surface area contributed by atoms with Crippen molar-refractivity contribution in [2.75, 3.05) is 12.4 Å². The van der Waals surface area contributed by atoms with Crippen LogP contribution in [0, 0.1) is 0 Å². The molecule has 3 aromatic rings. The molecule has 4 rings (SSSR count). The van der Waals surface area contributed by atoms with E-state index >= 15 is 0 Å². The minimum Gasteiger partial charge on any atom is -0.496 e. The van der Waals surface area contributed by atoms with Gasteiger partial charge in [0.25, 0.3) is 11.5 Å². The maximum absolute atomic E-state index is 13.1. The third kappa shape index (κ3) is 3.29. The molecule has 1 amide bonds. The third-order valence-electron chi connectivity index (χ3n) is 5.07. The summed E-state index contributed by atoms with van der Waals surface area (Å²) in [4.78, 5) is 25.7. The topological polar surface area (TPSA) is 60.3 Å². The number of carbonyl (C=O) groups is 1. The van der Waals surface area contributed by atoms with Gasteiger partial charge in [-0.1, -0.05) is 23.7 Å². The van der Waals surface area contributed by atoms with Crippen LogP contribution in [-0.2, 0) is 6.42 Å². The highest BCUT2D eigenvalue weighted by atomic mass is 35.5. The number of methoxy groups -OCH3 is 1. The van der Waals surface area contributed by atoms with E-state index in [9.17, 15) is 9.59 Å². The minimum atomic E-state index is -0.439. The van der Waals surface area contributed by atoms with Gasteiger partial charge in [-0.3, -0.25) is 9.59 Å². The Balaban J connectivity index is 1.66. The number of benzene rings is 2. The van der Waals surface area contributed by atoms with Crippen molar-refractivity contribution in [2.24, 2.45) is 0 Å². The Bertz CT molecular complexity index is 1090. The van der Waals surface area contributed by atoms with Gasteiger partial charge in [0.05, 0.1) is 13.2 Å². The van der Waals surface area contributed by atoms with Crippen LogP contribution in [-0.4, -0.2) is 17.6 Å². The second-order valence-electron chi connectivity index (χ2n) is 6.68. The average molecular weight is 395 g/mol. The predicted octanol–water partition coefficient (Wildman–Crippen LogP) is 4.30.